The fraction of sp³-hybridized carbons (Fsp3) is 0.478. The maximum atomic E-state index is 13.9. The van der Waals surface area contributed by atoms with Gasteiger partial charge in [-0.25, -0.2) is 4.39 Å². The quantitative estimate of drug-likeness (QED) is 0.846. The second kappa shape index (κ2) is 8.10. The van der Waals surface area contributed by atoms with E-state index in [-0.39, 0.29) is 17.5 Å². The van der Waals surface area contributed by atoms with Crippen molar-refractivity contribution in [1.82, 2.24) is 10.2 Å². The van der Waals surface area contributed by atoms with Gasteiger partial charge < -0.3 is 19.7 Å². The van der Waals surface area contributed by atoms with Crippen molar-refractivity contribution in [3.05, 3.63) is 59.4 Å². The van der Waals surface area contributed by atoms with E-state index < -0.39 is 0 Å². The van der Waals surface area contributed by atoms with Crippen LogP contribution in [-0.4, -0.2) is 44.3 Å². The molecule has 1 fully saturated rings. The van der Waals surface area contributed by atoms with E-state index in [1.807, 2.05) is 12.1 Å². The number of nitrogens with one attached hydrogen (secondary N) is 1. The fourth-order valence-corrected chi connectivity index (χ4v) is 4.39. The van der Waals surface area contributed by atoms with Gasteiger partial charge in [0.15, 0.2) is 11.6 Å². The highest BCUT2D eigenvalue weighted by Gasteiger charge is 2.42. The van der Waals surface area contributed by atoms with Gasteiger partial charge in [-0.15, -0.1) is 0 Å². The first-order valence-electron chi connectivity index (χ1n) is 10.1. The Labute approximate surface area is 166 Å². The Morgan fingerprint density at radius 2 is 2.00 bits per heavy atom. The molecule has 0 aliphatic carbocycles. The number of ether oxygens (including phenoxy) is 2. The number of hydrogen-bond donors (Lipinski definition) is 1. The lowest BCUT2D eigenvalue weighted by Gasteiger charge is -2.46. The molecule has 2 aromatic rings. The van der Waals surface area contributed by atoms with Crippen LogP contribution in [0.1, 0.15) is 36.4 Å². The number of methoxy groups -OCH3 is 1. The van der Waals surface area contributed by atoms with Gasteiger partial charge in [-0.3, -0.25) is 0 Å². The molecule has 150 valence electrons. The van der Waals surface area contributed by atoms with Gasteiger partial charge >= 0.3 is 0 Å². The van der Waals surface area contributed by atoms with Crippen molar-refractivity contribution < 1.29 is 13.9 Å². The van der Waals surface area contributed by atoms with Crippen LogP contribution in [0.4, 0.5) is 4.39 Å². The summed E-state index contributed by atoms with van der Waals surface area (Å²) in [5.41, 5.74) is 2.12. The van der Waals surface area contributed by atoms with E-state index in [1.165, 1.54) is 12.7 Å². The minimum absolute atomic E-state index is 0.0786. The maximum absolute atomic E-state index is 13.9. The van der Waals surface area contributed by atoms with Gasteiger partial charge in [0.05, 0.1) is 7.11 Å². The molecule has 4 nitrogen and oxygen atoms in total. The predicted octanol–water partition coefficient (Wildman–Crippen LogP) is 3.95. The summed E-state index contributed by atoms with van der Waals surface area (Å²) in [5.74, 6) is 0.993. The summed E-state index contributed by atoms with van der Waals surface area (Å²) in [6, 6.07) is 13.8. The average Bonchev–Trinajstić information content (AvgIpc) is 2.70. The summed E-state index contributed by atoms with van der Waals surface area (Å²) in [4.78, 5) is 2.37. The van der Waals surface area contributed by atoms with Crippen molar-refractivity contribution in [2.45, 2.75) is 37.3 Å². The Hall–Kier alpha value is -2.11. The number of para-hydroxylation sites is 1. The van der Waals surface area contributed by atoms with Crippen molar-refractivity contribution in [3.8, 4) is 11.5 Å². The summed E-state index contributed by atoms with van der Waals surface area (Å²) < 4.78 is 25.5. The highest BCUT2D eigenvalue weighted by atomic mass is 19.1. The number of hydrogen-bond acceptors (Lipinski definition) is 4. The normalized spacial score (nSPS) is 21.2. The number of rotatable bonds is 5. The third kappa shape index (κ3) is 4.01. The molecule has 1 unspecified atom stereocenters. The Kier molecular flexibility index (Phi) is 5.56. The first-order chi connectivity index (χ1) is 13.6. The topological polar surface area (TPSA) is 33.7 Å². The lowest BCUT2D eigenvalue weighted by molar-refractivity contribution is -0.0201. The molecule has 1 N–H and O–H groups in total. The van der Waals surface area contributed by atoms with Crippen molar-refractivity contribution in [2.24, 2.45) is 0 Å². The summed E-state index contributed by atoms with van der Waals surface area (Å²) in [7, 11) is 3.66. The zero-order valence-corrected chi connectivity index (χ0v) is 16.7. The molecule has 0 bridgehead atoms. The van der Waals surface area contributed by atoms with Gasteiger partial charge in [0, 0.05) is 31.1 Å². The molecular weight excluding hydrogens is 355 g/mol. The van der Waals surface area contributed by atoms with Gasteiger partial charge in [0.1, 0.15) is 11.4 Å². The molecule has 1 spiro atoms. The average molecular weight is 384 g/mol. The SMILES string of the molecule is COc1ccc(CCNC2CC3(CCN(C)CC3)Oc3ccccc32)cc1F. The van der Waals surface area contributed by atoms with Crippen LogP contribution in [0.3, 0.4) is 0 Å². The Bertz CT molecular complexity index is 818. The second-order valence-corrected chi connectivity index (χ2v) is 8.06. The molecule has 2 heterocycles. The molecular formula is C23H29FN2O2. The number of halogens is 1. The van der Waals surface area contributed by atoms with Crippen molar-refractivity contribution in [1.29, 1.82) is 0 Å². The van der Waals surface area contributed by atoms with E-state index in [2.05, 4.69) is 35.5 Å². The number of benzene rings is 2. The standard InChI is InChI=1S/C23H29FN2O2/c1-26-13-10-23(11-14-26)16-20(18-5-3-4-6-21(18)28-23)25-12-9-17-7-8-22(27-2)19(24)15-17/h3-8,15,20,25H,9-14,16H2,1-2H3. The minimum atomic E-state index is -0.304. The van der Waals surface area contributed by atoms with E-state index in [9.17, 15) is 4.39 Å². The summed E-state index contributed by atoms with van der Waals surface area (Å²) >= 11 is 0. The first kappa shape index (κ1) is 19.2. The predicted molar refractivity (Wildman–Crippen MR) is 109 cm³/mol. The Morgan fingerprint density at radius 1 is 1.21 bits per heavy atom. The van der Waals surface area contributed by atoms with Crippen LogP contribution >= 0.6 is 0 Å². The van der Waals surface area contributed by atoms with Crippen molar-refractivity contribution in [3.63, 3.8) is 0 Å². The molecule has 0 aromatic heterocycles. The highest BCUT2D eigenvalue weighted by Crippen LogP contribution is 2.44. The molecule has 0 amide bonds. The number of likely N-dealkylation sites (tertiary alicyclic amines) is 1. The smallest absolute Gasteiger partial charge is 0.165 e. The van der Waals surface area contributed by atoms with E-state index in [4.69, 9.17) is 9.47 Å². The van der Waals surface area contributed by atoms with Crippen LogP contribution < -0.4 is 14.8 Å². The van der Waals surface area contributed by atoms with E-state index in [0.29, 0.717) is 5.75 Å². The van der Waals surface area contributed by atoms with Crippen molar-refractivity contribution >= 4 is 0 Å². The van der Waals surface area contributed by atoms with Crippen LogP contribution in [0.25, 0.3) is 0 Å². The minimum Gasteiger partial charge on any atom is -0.494 e. The van der Waals surface area contributed by atoms with Gasteiger partial charge in [0.25, 0.3) is 0 Å². The number of piperidine rings is 1. The van der Waals surface area contributed by atoms with E-state index in [1.54, 1.807) is 12.1 Å². The monoisotopic (exact) mass is 384 g/mol. The molecule has 28 heavy (non-hydrogen) atoms. The molecule has 1 saturated heterocycles. The fourth-order valence-electron chi connectivity index (χ4n) is 4.39. The summed E-state index contributed by atoms with van der Waals surface area (Å²) in [5, 5.41) is 3.71. The molecule has 2 aliphatic heterocycles. The molecule has 1 atom stereocenters. The molecule has 5 heteroatoms. The lowest BCUT2D eigenvalue weighted by Crippen LogP contribution is -2.51. The van der Waals surface area contributed by atoms with Crippen LogP contribution in [0.2, 0.25) is 0 Å². The zero-order chi connectivity index (χ0) is 19.6. The molecule has 2 aromatic carbocycles. The van der Waals surface area contributed by atoms with Gasteiger partial charge in [0.2, 0.25) is 0 Å². The van der Waals surface area contributed by atoms with Gasteiger partial charge in [-0.2, -0.15) is 0 Å². The lowest BCUT2D eigenvalue weighted by atomic mass is 9.80. The highest BCUT2D eigenvalue weighted by molar-refractivity contribution is 5.39. The summed E-state index contributed by atoms with van der Waals surface area (Å²) in [6.07, 6.45) is 3.87. The van der Waals surface area contributed by atoms with Crippen molar-refractivity contribution in [2.75, 3.05) is 33.8 Å². The summed E-state index contributed by atoms with van der Waals surface area (Å²) in [6.45, 7) is 2.93. The van der Waals surface area contributed by atoms with Crippen LogP contribution in [0.15, 0.2) is 42.5 Å². The molecule has 0 radical (unpaired) electrons. The van der Waals surface area contributed by atoms with Crippen LogP contribution in [-0.2, 0) is 6.42 Å². The molecule has 4 rings (SSSR count). The molecule has 0 saturated carbocycles. The Balaban J connectivity index is 1.45. The second-order valence-electron chi connectivity index (χ2n) is 8.06. The largest absolute Gasteiger partial charge is 0.494 e. The van der Waals surface area contributed by atoms with Crippen LogP contribution in [0, 0.1) is 5.82 Å². The number of nitrogens with zero attached hydrogens (tertiary/aromatic N) is 1. The third-order valence-electron chi connectivity index (χ3n) is 6.12. The number of fused-ring (bicyclic) bond motifs is 1. The maximum Gasteiger partial charge on any atom is 0.165 e. The van der Waals surface area contributed by atoms with E-state index in [0.717, 1.165) is 56.6 Å². The van der Waals surface area contributed by atoms with Gasteiger partial charge in [-0.1, -0.05) is 24.3 Å². The van der Waals surface area contributed by atoms with Gasteiger partial charge in [-0.05, 0) is 56.6 Å². The molecule has 2 aliphatic rings. The first-order valence-corrected chi connectivity index (χ1v) is 10.1. The van der Waals surface area contributed by atoms with Crippen LogP contribution in [0.5, 0.6) is 11.5 Å². The zero-order valence-electron chi connectivity index (χ0n) is 16.7. The Morgan fingerprint density at radius 3 is 2.75 bits per heavy atom. The third-order valence-corrected chi connectivity index (χ3v) is 6.12. The van der Waals surface area contributed by atoms with E-state index >= 15 is 0 Å².